The molecule has 0 bridgehead atoms. The molecule has 4 heterocycles. The third-order valence-corrected chi connectivity index (χ3v) is 17.3. The Bertz CT molecular complexity index is 4440. The van der Waals surface area contributed by atoms with E-state index in [0.717, 1.165) is 161 Å². The van der Waals surface area contributed by atoms with Crippen molar-refractivity contribution in [1.82, 2.24) is 0 Å². The van der Waals surface area contributed by atoms with Crippen LogP contribution in [0.15, 0.2) is 86.7 Å². The lowest BCUT2D eigenvalue weighted by molar-refractivity contribution is 0.0977. The molecule has 0 saturated carbocycles. The maximum atomic E-state index is 12.3. The highest BCUT2D eigenvalue weighted by molar-refractivity contribution is 5.97. The molecule has 12 rings (SSSR count). The average molecular weight is 1120 g/mol. The van der Waals surface area contributed by atoms with Gasteiger partial charge in [-0.1, -0.05) is 51.9 Å². The number of aryl methyl sites for hydroxylation is 3. The van der Waals surface area contributed by atoms with Crippen LogP contribution >= 0.6 is 0 Å². The Hall–Kier alpha value is -8.73. The van der Waals surface area contributed by atoms with E-state index < -0.39 is 0 Å². The number of hydrogen-bond acceptors (Lipinski definition) is 10. The number of fused-ring (bicyclic) bond motifs is 8. The number of carbonyl (C=O) groups is 1. The third kappa shape index (κ3) is 11.3. The number of aliphatic hydroxyl groups excluding tert-OH is 1. The lowest BCUT2D eigenvalue weighted by Crippen LogP contribution is -2.24. The van der Waals surface area contributed by atoms with Crippen LogP contribution < -0.4 is 61.3 Å². The van der Waals surface area contributed by atoms with E-state index in [-0.39, 0.29) is 19.8 Å². The largest absolute Gasteiger partial charge is 0.452 e. The highest BCUT2D eigenvalue weighted by Crippen LogP contribution is 2.41. The Kier molecular flexibility index (Phi) is 17.7. The summed E-state index contributed by atoms with van der Waals surface area (Å²) < 4.78 is 24.5. The van der Waals surface area contributed by atoms with Gasteiger partial charge in [-0.3, -0.25) is 4.79 Å². The first-order valence-corrected chi connectivity index (χ1v) is 28.3. The molecule has 1 N–H and O–H groups in total. The molecule has 0 spiro atoms. The molecule has 8 aromatic carbocycles. The molecule has 0 unspecified atom stereocenters. The average Bonchev–Trinajstić information content (AvgIpc) is 1.83. The molecule has 10 heteroatoms. The molecule has 0 fully saturated rings. The second-order valence-electron chi connectivity index (χ2n) is 22.6. The first kappa shape index (κ1) is 61.3. The number of nitrogens with zero attached hydrogens (tertiary/aromatic N) is 4. The van der Waals surface area contributed by atoms with Gasteiger partial charge in [-0.15, -0.1) is 0 Å². The first-order valence-electron chi connectivity index (χ1n) is 28.3. The van der Waals surface area contributed by atoms with Crippen molar-refractivity contribution in [3.63, 3.8) is 0 Å². The lowest BCUT2D eigenvalue weighted by atomic mass is 10.00. The maximum Gasteiger partial charge on any atom is 0.163 e. The summed E-state index contributed by atoms with van der Waals surface area (Å²) in [6.07, 6.45) is 1.75. The van der Waals surface area contributed by atoms with Gasteiger partial charge in [0.2, 0.25) is 0 Å². The van der Waals surface area contributed by atoms with E-state index in [1.165, 1.54) is 33.4 Å². The minimum atomic E-state index is 0. The fourth-order valence-corrected chi connectivity index (χ4v) is 10.6. The standard InChI is InChI=1S/C21H23NO3.C18H19NO.2C17H17NO.CH4/c1-12-13(2)15(4)21-20(14(12)3)22-17-9-8-16(11-19(17)25-21)18(24)7-5-6-10-23;1-9-7-8-15-17(10(9)2)20-18-14(6)12(4)11(3)13(5)16(18)19-15;2*1-9-6-7-14-15(8-9)19-17-13(5)11(3)10(2)12(4)16(17)18-14;/h8-9,11,23H,2,5-7,10H2,1,3-4H3;7-8H,4H2,1-3,5-6H3;2*6-8H,3H2,1-2,4-5H3;1H4. The Morgan fingerprint density at radius 1 is 0.381 bits per heavy atom. The monoisotopic (exact) mass is 1120 g/mol. The summed E-state index contributed by atoms with van der Waals surface area (Å²) in [5.41, 5.74) is 22.2. The van der Waals surface area contributed by atoms with Crippen LogP contribution in [0.1, 0.15) is 126 Å². The number of carbonyl (C=O) groups excluding carboxylic acids is 1. The molecule has 0 atom stereocenters. The van der Waals surface area contributed by atoms with E-state index in [4.69, 9.17) is 44.0 Å². The quantitative estimate of drug-likeness (QED) is 0.135. The molecule has 0 amide bonds. The highest BCUT2D eigenvalue weighted by atomic mass is 16.5. The van der Waals surface area contributed by atoms with Gasteiger partial charge in [-0.2, -0.15) is 0 Å². The van der Waals surface area contributed by atoms with Crippen LogP contribution in [0, 0.1) is 111 Å². The van der Waals surface area contributed by atoms with Crippen molar-refractivity contribution in [1.29, 1.82) is 0 Å². The van der Waals surface area contributed by atoms with Crippen LogP contribution in [0.25, 0.3) is 26.3 Å². The van der Waals surface area contributed by atoms with Crippen LogP contribution in [0.4, 0.5) is 22.7 Å². The van der Waals surface area contributed by atoms with Gasteiger partial charge in [-0.25, -0.2) is 20.0 Å². The van der Waals surface area contributed by atoms with Crippen molar-refractivity contribution >= 4 is 54.8 Å². The molecule has 10 nitrogen and oxygen atoms in total. The fraction of sp³-hybridized carbons (Fsp3) is 0.284. The molecule has 8 aromatic rings. The predicted octanol–water partition coefficient (Wildman–Crippen LogP) is 14.5. The molecule has 0 aliphatic carbocycles. The fourth-order valence-electron chi connectivity index (χ4n) is 10.6. The topological polar surface area (TPSA) is 124 Å². The minimum Gasteiger partial charge on any atom is -0.452 e. The van der Waals surface area contributed by atoms with Crippen LogP contribution in [-0.2, 0) is 0 Å². The van der Waals surface area contributed by atoms with E-state index in [9.17, 15) is 4.79 Å². The van der Waals surface area contributed by atoms with Gasteiger partial charge in [0.15, 0.2) is 51.8 Å². The van der Waals surface area contributed by atoms with Crippen LogP contribution in [-0.4, -0.2) is 17.5 Å². The number of unbranched alkanes of at least 4 members (excludes halogenated alkanes) is 1. The molecule has 432 valence electrons. The predicted molar refractivity (Wildman–Crippen MR) is 343 cm³/mol. The highest BCUT2D eigenvalue weighted by Gasteiger charge is 2.24. The summed E-state index contributed by atoms with van der Waals surface area (Å²) in [6, 6.07) is 21.7. The number of Topliss-reactive ketones (excluding diaryl/α,β-unsaturated/α-hetero) is 1. The zero-order chi connectivity index (χ0) is 60.2. The Labute approximate surface area is 495 Å². The molecule has 0 saturated heterocycles. The molecule has 0 radical (unpaired) electrons. The maximum absolute atomic E-state index is 12.3. The van der Waals surface area contributed by atoms with Crippen LogP contribution in [0.3, 0.4) is 0 Å². The number of benzene rings is 8. The van der Waals surface area contributed by atoms with Gasteiger partial charge in [-0.05, 0) is 260 Å². The number of ketones is 1. The summed E-state index contributed by atoms with van der Waals surface area (Å²) in [6.45, 7) is 49.7. The Morgan fingerprint density at radius 2 is 0.714 bits per heavy atom. The zero-order valence-corrected chi connectivity index (χ0v) is 51.3. The van der Waals surface area contributed by atoms with Gasteiger partial charge in [0.1, 0.15) is 44.2 Å². The minimum absolute atomic E-state index is 0. The second-order valence-corrected chi connectivity index (χ2v) is 22.6. The molecule has 4 aliphatic rings. The van der Waals surface area contributed by atoms with E-state index in [2.05, 4.69) is 121 Å². The Balaban J connectivity index is 0.000000146. The molecule has 4 aliphatic heterocycles. The summed E-state index contributed by atoms with van der Waals surface area (Å²) in [5, 5.41) is 16.6. The SMILES string of the molecule is C.C=c1c(C)c(C)c2c(c1C)Oc1c(ccc(C)c1C)N=2.C=c1c(C)c(C)c2c(c1C)Oc1cc(C(=O)CCCCO)ccc1N=2.C=c1c(C)c(C)c2c(c1C)Oc1cc(C)ccc1N=2.C=c1c(C)c(C)c2c(c1C)Oc1cc(C)ccc1N=2. The van der Waals surface area contributed by atoms with Gasteiger partial charge >= 0.3 is 0 Å². The Morgan fingerprint density at radius 3 is 1.10 bits per heavy atom. The van der Waals surface area contributed by atoms with Crippen molar-refractivity contribution < 1.29 is 28.8 Å². The van der Waals surface area contributed by atoms with E-state index in [1.54, 1.807) is 12.1 Å². The smallest absolute Gasteiger partial charge is 0.163 e. The van der Waals surface area contributed by atoms with Gasteiger partial charge in [0.25, 0.3) is 0 Å². The van der Waals surface area contributed by atoms with E-state index in [0.29, 0.717) is 30.6 Å². The van der Waals surface area contributed by atoms with Gasteiger partial charge < -0.3 is 24.1 Å². The number of hydrogen-bond donors (Lipinski definition) is 1. The molecular formula is C74H80N4O6. The summed E-state index contributed by atoms with van der Waals surface area (Å²) in [7, 11) is 0. The molecule has 0 aromatic heterocycles. The number of rotatable bonds is 5. The summed E-state index contributed by atoms with van der Waals surface area (Å²) >= 11 is 0. The number of ether oxygens (including phenoxy) is 4. The number of aliphatic hydroxyl groups is 1. The van der Waals surface area contributed by atoms with Crippen LogP contribution in [0.5, 0.6) is 46.0 Å². The van der Waals surface area contributed by atoms with E-state index >= 15 is 0 Å². The zero-order valence-electron chi connectivity index (χ0n) is 51.3. The molecular weight excluding hydrogens is 1040 g/mol. The van der Waals surface area contributed by atoms with Gasteiger partial charge in [0.05, 0.1) is 0 Å². The van der Waals surface area contributed by atoms with Gasteiger partial charge in [0, 0.05) is 40.8 Å². The van der Waals surface area contributed by atoms with Crippen molar-refractivity contribution in [2.75, 3.05) is 6.61 Å². The van der Waals surface area contributed by atoms with Crippen molar-refractivity contribution in [3.8, 4) is 46.0 Å². The summed E-state index contributed by atoms with van der Waals surface area (Å²) in [5.74, 6) is 6.49. The van der Waals surface area contributed by atoms with Crippen molar-refractivity contribution in [2.24, 2.45) is 20.0 Å². The normalized spacial score (nSPS) is 12.0. The van der Waals surface area contributed by atoms with E-state index in [1.807, 2.05) is 71.0 Å². The molecule has 84 heavy (non-hydrogen) atoms. The lowest BCUT2D eigenvalue weighted by Gasteiger charge is -2.21. The summed E-state index contributed by atoms with van der Waals surface area (Å²) in [4.78, 5) is 31.4. The third-order valence-electron chi connectivity index (χ3n) is 17.3. The second kappa shape index (κ2) is 24.2. The van der Waals surface area contributed by atoms with Crippen molar-refractivity contribution in [2.45, 2.75) is 137 Å². The van der Waals surface area contributed by atoms with Crippen molar-refractivity contribution in [3.05, 3.63) is 204 Å². The first-order chi connectivity index (χ1) is 39.3. The van der Waals surface area contributed by atoms with Crippen LogP contribution in [0.2, 0.25) is 0 Å².